The van der Waals surface area contributed by atoms with E-state index in [1.54, 1.807) is 41.3 Å². The average molecular weight is 452 g/mol. The van der Waals surface area contributed by atoms with Crippen molar-refractivity contribution in [1.82, 2.24) is 25.3 Å². The molecule has 4 aromatic rings. The smallest absolute Gasteiger partial charge is 0.252 e. The zero-order valence-electron chi connectivity index (χ0n) is 17.5. The number of hydrogen-bond acceptors (Lipinski definition) is 5. The maximum Gasteiger partial charge on any atom is 0.252 e. The van der Waals surface area contributed by atoms with Gasteiger partial charge in [0.1, 0.15) is 11.6 Å². The molecular weight excluding hydrogens is 430 g/mol. The van der Waals surface area contributed by atoms with Gasteiger partial charge in [-0.3, -0.25) is 14.6 Å². The molecule has 10 heteroatoms. The second-order valence-electron chi connectivity index (χ2n) is 7.45. The van der Waals surface area contributed by atoms with Gasteiger partial charge in [0.15, 0.2) is 0 Å². The third-order valence-corrected chi connectivity index (χ3v) is 5.21. The van der Waals surface area contributed by atoms with Crippen molar-refractivity contribution >= 4 is 5.91 Å². The van der Waals surface area contributed by atoms with E-state index in [4.69, 9.17) is 5.73 Å². The fourth-order valence-electron chi connectivity index (χ4n) is 3.49. The lowest BCUT2D eigenvalue weighted by atomic mass is 10.0. The van der Waals surface area contributed by atoms with Gasteiger partial charge in [0, 0.05) is 30.1 Å². The van der Waals surface area contributed by atoms with E-state index in [0.717, 1.165) is 0 Å². The van der Waals surface area contributed by atoms with Crippen LogP contribution in [0.5, 0.6) is 0 Å². The Bertz CT molecular complexity index is 1220. The molecule has 0 spiro atoms. The lowest BCUT2D eigenvalue weighted by Gasteiger charge is -2.23. The van der Waals surface area contributed by atoms with Crippen molar-refractivity contribution in [3.8, 4) is 22.5 Å². The van der Waals surface area contributed by atoms with Crippen molar-refractivity contribution in [2.45, 2.75) is 18.7 Å². The summed E-state index contributed by atoms with van der Waals surface area (Å²) < 4.78 is 29.6. The number of carbonyl (C=O) groups is 1. The van der Waals surface area contributed by atoms with Gasteiger partial charge in [0.25, 0.3) is 5.91 Å². The topological polar surface area (TPSA) is 122 Å². The Morgan fingerprint density at radius 3 is 2.67 bits per heavy atom. The van der Waals surface area contributed by atoms with Crippen LogP contribution in [-0.2, 0) is 6.54 Å². The van der Waals surface area contributed by atoms with E-state index in [0.29, 0.717) is 11.3 Å². The van der Waals surface area contributed by atoms with Crippen LogP contribution in [0.4, 0.5) is 8.78 Å². The van der Waals surface area contributed by atoms with Crippen LogP contribution in [-0.4, -0.2) is 49.7 Å². The third-order valence-electron chi connectivity index (χ3n) is 5.21. The third kappa shape index (κ3) is 4.97. The van der Waals surface area contributed by atoms with Gasteiger partial charge in [-0.1, -0.05) is 6.07 Å². The number of nitrogens with two attached hydrogens (primary N) is 1. The Labute approximate surface area is 188 Å². The van der Waals surface area contributed by atoms with E-state index in [-0.39, 0.29) is 35.7 Å². The van der Waals surface area contributed by atoms with E-state index in [1.165, 1.54) is 30.3 Å². The highest BCUT2D eigenvalue weighted by molar-refractivity contribution is 6.01. The highest BCUT2D eigenvalue weighted by Crippen LogP contribution is 2.29. The van der Waals surface area contributed by atoms with Crippen molar-refractivity contribution in [3.63, 3.8) is 0 Å². The number of hydrogen-bond donors (Lipinski definition) is 4. The molecule has 33 heavy (non-hydrogen) atoms. The summed E-state index contributed by atoms with van der Waals surface area (Å²) in [7, 11) is 0. The molecule has 0 aliphatic rings. The van der Waals surface area contributed by atoms with E-state index < -0.39 is 23.9 Å². The Hall–Kier alpha value is -3.89. The molecule has 0 unspecified atom stereocenters. The average Bonchev–Trinajstić information content (AvgIpc) is 3.51. The van der Waals surface area contributed by atoms with Gasteiger partial charge in [-0.25, -0.2) is 8.78 Å². The summed E-state index contributed by atoms with van der Waals surface area (Å²) in [5, 5.41) is 24.0. The summed E-state index contributed by atoms with van der Waals surface area (Å²) in [6.45, 7) is 0.102. The van der Waals surface area contributed by atoms with Crippen molar-refractivity contribution < 1.29 is 18.7 Å². The summed E-state index contributed by atoms with van der Waals surface area (Å²) in [5.41, 5.74) is 7.06. The predicted molar refractivity (Wildman–Crippen MR) is 118 cm³/mol. The first-order chi connectivity index (χ1) is 16.0. The van der Waals surface area contributed by atoms with E-state index in [1.807, 2.05) is 0 Å². The molecule has 0 aliphatic heterocycles. The number of H-pyrrole nitrogens is 1. The number of carbonyl (C=O) groups excluding carboxylic acids is 1. The van der Waals surface area contributed by atoms with Crippen LogP contribution >= 0.6 is 0 Å². The number of aliphatic hydroxyl groups excluding tert-OH is 1. The maximum atomic E-state index is 14.9. The number of aromatic amines is 1. The van der Waals surface area contributed by atoms with Gasteiger partial charge in [-0.05, 0) is 48.5 Å². The quantitative estimate of drug-likeness (QED) is 0.327. The first-order valence-electron chi connectivity index (χ1n) is 10.2. The van der Waals surface area contributed by atoms with Crippen LogP contribution in [0.2, 0.25) is 0 Å². The molecule has 5 N–H and O–H groups in total. The Morgan fingerprint density at radius 1 is 1.18 bits per heavy atom. The molecule has 0 saturated heterocycles. The fourth-order valence-corrected chi connectivity index (χ4v) is 3.49. The predicted octanol–water partition coefficient (Wildman–Crippen LogP) is 2.34. The number of nitrogens with one attached hydrogen (secondary N) is 2. The maximum absolute atomic E-state index is 14.9. The Morgan fingerprint density at radius 2 is 1.97 bits per heavy atom. The summed E-state index contributed by atoms with van der Waals surface area (Å²) in [4.78, 5) is 13.1. The van der Waals surface area contributed by atoms with Crippen LogP contribution in [0.1, 0.15) is 10.4 Å². The number of amides is 1. The minimum absolute atomic E-state index is 0.0240. The molecule has 0 fully saturated rings. The molecule has 2 aromatic heterocycles. The molecule has 0 radical (unpaired) electrons. The molecule has 1 amide bonds. The lowest BCUT2D eigenvalue weighted by Crippen LogP contribution is -2.49. The monoisotopic (exact) mass is 452 g/mol. The summed E-state index contributed by atoms with van der Waals surface area (Å²) >= 11 is 0. The number of aliphatic hydroxyl groups is 1. The normalized spacial score (nSPS) is 13.0. The highest BCUT2D eigenvalue weighted by Gasteiger charge is 2.25. The molecule has 4 rings (SSSR count). The molecule has 2 heterocycles. The number of aromatic nitrogens is 4. The van der Waals surface area contributed by atoms with Gasteiger partial charge in [0.05, 0.1) is 35.6 Å². The molecular formula is C23H22F2N6O2. The number of rotatable bonds is 8. The van der Waals surface area contributed by atoms with Crippen molar-refractivity contribution in [2.24, 2.45) is 5.73 Å². The number of nitrogens with zero attached hydrogens (tertiary/aromatic N) is 3. The van der Waals surface area contributed by atoms with Gasteiger partial charge >= 0.3 is 0 Å². The van der Waals surface area contributed by atoms with Crippen molar-refractivity contribution in [1.29, 1.82) is 0 Å². The van der Waals surface area contributed by atoms with Crippen LogP contribution in [0.3, 0.4) is 0 Å². The van der Waals surface area contributed by atoms with E-state index in [2.05, 4.69) is 20.6 Å². The highest BCUT2D eigenvalue weighted by atomic mass is 19.1. The first-order valence-corrected chi connectivity index (χ1v) is 10.2. The summed E-state index contributed by atoms with van der Waals surface area (Å²) in [6, 6.07) is 12.4. The van der Waals surface area contributed by atoms with Gasteiger partial charge in [0.2, 0.25) is 0 Å². The molecule has 2 atom stereocenters. The van der Waals surface area contributed by atoms with Crippen LogP contribution in [0.15, 0.2) is 67.0 Å². The minimum atomic E-state index is -1.03. The molecule has 0 aliphatic carbocycles. The Kier molecular flexibility index (Phi) is 6.57. The van der Waals surface area contributed by atoms with Crippen LogP contribution < -0.4 is 11.1 Å². The molecule has 0 saturated carbocycles. The molecule has 8 nitrogen and oxygen atoms in total. The summed E-state index contributed by atoms with van der Waals surface area (Å²) in [6.07, 6.45) is 2.24. The number of benzene rings is 2. The fraction of sp³-hybridized carbons (Fsp3) is 0.174. The van der Waals surface area contributed by atoms with Crippen LogP contribution in [0.25, 0.3) is 22.5 Å². The SMILES string of the molecule is NC[C@@H](O)[C@@H](Cn1cccn1)NC(=O)c1cccc(F)c1-c1cc(-c2ccc(F)cc2)n[nH]1. The second-order valence-corrected chi connectivity index (χ2v) is 7.45. The molecule has 2 aromatic carbocycles. The number of halogens is 2. The van der Waals surface area contributed by atoms with E-state index >= 15 is 0 Å². The Balaban J connectivity index is 1.63. The zero-order valence-corrected chi connectivity index (χ0v) is 17.5. The second kappa shape index (κ2) is 9.72. The van der Waals surface area contributed by atoms with Gasteiger partial charge in [-0.15, -0.1) is 0 Å². The zero-order chi connectivity index (χ0) is 23.4. The standard InChI is InChI=1S/C23H22F2N6O2/c24-15-7-5-14(6-8-15)18-11-19(30-29-18)22-16(3-1-4-17(22)25)23(33)28-20(21(32)12-26)13-31-10-2-9-27-31/h1-11,20-21,32H,12-13,26H2,(H,28,33)(H,29,30)/t20-,21-/m1/s1. The largest absolute Gasteiger partial charge is 0.390 e. The first kappa shape index (κ1) is 22.3. The van der Waals surface area contributed by atoms with E-state index in [9.17, 15) is 18.7 Å². The minimum Gasteiger partial charge on any atom is -0.390 e. The van der Waals surface area contributed by atoms with Crippen LogP contribution in [0, 0.1) is 11.6 Å². The van der Waals surface area contributed by atoms with Crippen molar-refractivity contribution in [2.75, 3.05) is 6.54 Å². The van der Waals surface area contributed by atoms with Gasteiger partial charge < -0.3 is 16.2 Å². The summed E-state index contributed by atoms with van der Waals surface area (Å²) in [5.74, 6) is -1.60. The van der Waals surface area contributed by atoms with Gasteiger partial charge in [-0.2, -0.15) is 10.2 Å². The van der Waals surface area contributed by atoms with Crippen molar-refractivity contribution in [3.05, 3.63) is 84.2 Å². The molecule has 0 bridgehead atoms. The molecule has 170 valence electrons. The lowest BCUT2D eigenvalue weighted by molar-refractivity contribution is 0.0820.